The summed E-state index contributed by atoms with van der Waals surface area (Å²) in [6, 6.07) is 7.44. The number of fused-ring (bicyclic) bond motifs is 1. The van der Waals surface area contributed by atoms with Crippen molar-refractivity contribution in [1.82, 2.24) is 0 Å². The van der Waals surface area contributed by atoms with E-state index in [2.05, 4.69) is 0 Å². The first-order chi connectivity index (χ1) is 10.0. The van der Waals surface area contributed by atoms with E-state index in [1.54, 1.807) is 0 Å². The molecule has 4 heteroatoms. The maximum Gasteiger partial charge on any atom is 0.311 e. The molecule has 0 spiro atoms. The standard InChI is InChI=1S/C17H21NO3/c1-17(9-4-5-10-17)16(21)18-11-8-13(15(19)20)12-6-2-3-7-14(12)18/h2-3,6-7,13H,4-5,8-11H2,1H3,(H,19,20). The Morgan fingerprint density at radius 1 is 1.24 bits per heavy atom. The van der Waals surface area contributed by atoms with E-state index < -0.39 is 11.9 Å². The second-order valence-electron chi connectivity index (χ2n) is 6.46. The number of carboxylic acids is 1. The molecule has 1 saturated carbocycles. The molecule has 0 bridgehead atoms. The zero-order chi connectivity index (χ0) is 15.0. The molecular formula is C17H21NO3. The molecule has 21 heavy (non-hydrogen) atoms. The minimum absolute atomic E-state index is 0.163. The molecule has 1 aromatic carbocycles. The Morgan fingerprint density at radius 3 is 2.57 bits per heavy atom. The van der Waals surface area contributed by atoms with Gasteiger partial charge < -0.3 is 10.0 Å². The van der Waals surface area contributed by atoms with Crippen molar-refractivity contribution in [2.24, 2.45) is 5.41 Å². The Morgan fingerprint density at radius 2 is 1.90 bits per heavy atom. The number of amides is 1. The number of aliphatic carboxylic acids is 1. The van der Waals surface area contributed by atoms with Gasteiger partial charge >= 0.3 is 5.97 Å². The van der Waals surface area contributed by atoms with Gasteiger partial charge in [0.05, 0.1) is 5.92 Å². The second-order valence-corrected chi connectivity index (χ2v) is 6.46. The molecule has 0 aromatic heterocycles. The van der Waals surface area contributed by atoms with Crippen LogP contribution in [-0.4, -0.2) is 23.5 Å². The Balaban J connectivity index is 1.96. The number of benzene rings is 1. The number of para-hydroxylation sites is 1. The molecule has 1 heterocycles. The monoisotopic (exact) mass is 287 g/mol. The first-order valence-corrected chi connectivity index (χ1v) is 7.67. The minimum atomic E-state index is -0.804. The molecule has 0 radical (unpaired) electrons. The van der Waals surface area contributed by atoms with Crippen LogP contribution in [0.2, 0.25) is 0 Å². The maximum absolute atomic E-state index is 12.9. The zero-order valence-corrected chi connectivity index (χ0v) is 12.3. The van der Waals surface area contributed by atoms with Crippen molar-refractivity contribution in [1.29, 1.82) is 0 Å². The van der Waals surface area contributed by atoms with E-state index in [0.717, 1.165) is 36.9 Å². The normalized spacial score (nSPS) is 23.7. The molecule has 3 rings (SSSR count). The lowest BCUT2D eigenvalue weighted by Crippen LogP contribution is -2.45. The highest BCUT2D eigenvalue weighted by molar-refractivity contribution is 5.99. The van der Waals surface area contributed by atoms with Crippen molar-refractivity contribution in [2.45, 2.75) is 44.9 Å². The van der Waals surface area contributed by atoms with Crippen molar-refractivity contribution in [3.05, 3.63) is 29.8 Å². The average molecular weight is 287 g/mol. The summed E-state index contributed by atoms with van der Waals surface area (Å²) in [4.78, 5) is 26.2. The van der Waals surface area contributed by atoms with E-state index in [4.69, 9.17) is 0 Å². The Labute approximate surface area is 124 Å². The van der Waals surface area contributed by atoms with Crippen molar-refractivity contribution in [3.8, 4) is 0 Å². The van der Waals surface area contributed by atoms with Gasteiger partial charge in [0, 0.05) is 17.6 Å². The first kappa shape index (κ1) is 14.1. The van der Waals surface area contributed by atoms with Crippen LogP contribution in [0.1, 0.15) is 50.5 Å². The molecule has 1 aliphatic heterocycles. The predicted octanol–water partition coefficient (Wildman–Crippen LogP) is 3.17. The van der Waals surface area contributed by atoms with Gasteiger partial charge in [-0.3, -0.25) is 9.59 Å². The zero-order valence-electron chi connectivity index (χ0n) is 12.3. The molecule has 112 valence electrons. The molecule has 4 nitrogen and oxygen atoms in total. The fourth-order valence-electron chi connectivity index (χ4n) is 3.72. The number of hydrogen-bond donors (Lipinski definition) is 1. The Kier molecular flexibility index (Phi) is 3.47. The lowest BCUT2D eigenvalue weighted by Gasteiger charge is -2.37. The fraction of sp³-hybridized carbons (Fsp3) is 0.529. The van der Waals surface area contributed by atoms with Crippen molar-refractivity contribution in [3.63, 3.8) is 0 Å². The van der Waals surface area contributed by atoms with E-state index in [0.29, 0.717) is 13.0 Å². The van der Waals surface area contributed by atoms with E-state index in [1.165, 1.54) is 0 Å². The summed E-state index contributed by atoms with van der Waals surface area (Å²) in [5, 5.41) is 9.37. The highest BCUT2D eigenvalue weighted by Crippen LogP contribution is 2.43. The second kappa shape index (κ2) is 5.17. The van der Waals surface area contributed by atoms with Gasteiger partial charge in [-0.25, -0.2) is 0 Å². The van der Waals surface area contributed by atoms with Gasteiger partial charge in [-0.15, -0.1) is 0 Å². The summed E-state index contributed by atoms with van der Waals surface area (Å²) >= 11 is 0. The van der Waals surface area contributed by atoms with Crippen LogP contribution in [-0.2, 0) is 9.59 Å². The SMILES string of the molecule is CC1(C(=O)N2CCC(C(=O)O)c3ccccc32)CCCC1. The van der Waals surface area contributed by atoms with E-state index >= 15 is 0 Å². The van der Waals surface area contributed by atoms with E-state index in [9.17, 15) is 14.7 Å². The summed E-state index contributed by atoms with van der Waals surface area (Å²) in [5.41, 5.74) is 1.28. The van der Waals surface area contributed by atoms with E-state index in [-0.39, 0.29) is 11.3 Å². The number of carbonyl (C=O) groups is 2. The summed E-state index contributed by atoms with van der Waals surface area (Å²) in [6.45, 7) is 2.55. The molecule has 1 N–H and O–H groups in total. The molecule has 1 aliphatic carbocycles. The molecule has 1 amide bonds. The molecular weight excluding hydrogens is 266 g/mol. The molecule has 1 fully saturated rings. The third-order valence-corrected chi connectivity index (χ3v) is 5.01. The van der Waals surface area contributed by atoms with Crippen LogP contribution >= 0.6 is 0 Å². The quantitative estimate of drug-likeness (QED) is 0.909. The third-order valence-electron chi connectivity index (χ3n) is 5.01. The smallest absolute Gasteiger partial charge is 0.311 e. The van der Waals surface area contributed by atoms with Gasteiger partial charge in [0.15, 0.2) is 0 Å². The van der Waals surface area contributed by atoms with Crippen molar-refractivity contribution < 1.29 is 14.7 Å². The van der Waals surface area contributed by atoms with Crippen LogP contribution in [0.4, 0.5) is 5.69 Å². The van der Waals surface area contributed by atoms with Crippen LogP contribution in [0.5, 0.6) is 0 Å². The summed E-state index contributed by atoms with van der Waals surface area (Å²) in [5.74, 6) is -1.14. The highest BCUT2D eigenvalue weighted by atomic mass is 16.4. The van der Waals surface area contributed by atoms with Crippen molar-refractivity contribution in [2.75, 3.05) is 11.4 Å². The number of rotatable bonds is 2. The van der Waals surface area contributed by atoms with Crippen LogP contribution in [0.3, 0.4) is 0 Å². The van der Waals surface area contributed by atoms with Gasteiger partial charge in [-0.1, -0.05) is 38.0 Å². The summed E-state index contributed by atoms with van der Waals surface area (Å²) in [6.07, 6.45) is 4.58. The molecule has 1 aromatic rings. The lowest BCUT2D eigenvalue weighted by atomic mass is 9.84. The Hall–Kier alpha value is -1.84. The molecule has 1 unspecified atom stereocenters. The van der Waals surface area contributed by atoms with Gasteiger partial charge in [0.1, 0.15) is 0 Å². The minimum Gasteiger partial charge on any atom is -0.481 e. The van der Waals surface area contributed by atoms with Gasteiger partial charge in [0.25, 0.3) is 0 Å². The number of anilines is 1. The van der Waals surface area contributed by atoms with Gasteiger partial charge in [-0.2, -0.15) is 0 Å². The first-order valence-electron chi connectivity index (χ1n) is 7.67. The number of nitrogens with zero attached hydrogens (tertiary/aromatic N) is 1. The highest BCUT2D eigenvalue weighted by Gasteiger charge is 2.42. The molecule has 1 atom stereocenters. The largest absolute Gasteiger partial charge is 0.481 e. The number of carboxylic acid groups (broad SMARTS) is 1. The maximum atomic E-state index is 12.9. The fourth-order valence-corrected chi connectivity index (χ4v) is 3.72. The Bertz CT molecular complexity index is 575. The van der Waals surface area contributed by atoms with Crippen LogP contribution < -0.4 is 4.90 Å². The van der Waals surface area contributed by atoms with Crippen LogP contribution in [0.25, 0.3) is 0 Å². The predicted molar refractivity (Wildman–Crippen MR) is 80.4 cm³/mol. The molecule has 2 aliphatic rings. The van der Waals surface area contributed by atoms with Gasteiger partial charge in [-0.05, 0) is 30.9 Å². The summed E-state index contributed by atoms with van der Waals surface area (Å²) < 4.78 is 0. The topological polar surface area (TPSA) is 57.6 Å². The number of carbonyl (C=O) groups excluding carboxylic acids is 1. The third kappa shape index (κ3) is 2.33. The van der Waals surface area contributed by atoms with E-state index in [1.807, 2.05) is 36.1 Å². The summed E-state index contributed by atoms with van der Waals surface area (Å²) in [7, 11) is 0. The average Bonchev–Trinajstić information content (AvgIpc) is 2.93. The molecule has 0 saturated heterocycles. The number of hydrogen-bond acceptors (Lipinski definition) is 2. The van der Waals surface area contributed by atoms with Crippen LogP contribution in [0, 0.1) is 5.41 Å². The van der Waals surface area contributed by atoms with Gasteiger partial charge in [0.2, 0.25) is 5.91 Å². The van der Waals surface area contributed by atoms with Crippen LogP contribution in [0.15, 0.2) is 24.3 Å². The lowest BCUT2D eigenvalue weighted by molar-refractivity contribution is -0.139. The van der Waals surface area contributed by atoms with Crippen molar-refractivity contribution >= 4 is 17.6 Å².